The molecule has 0 saturated carbocycles. The molecule has 1 aromatic rings. The molecule has 0 aliphatic rings. The molecule has 0 aliphatic heterocycles. The summed E-state index contributed by atoms with van der Waals surface area (Å²) in [5.41, 5.74) is 0.0842. The maximum absolute atomic E-state index is 10.2. The topological polar surface area (TPSA) is 54.4 Å². The lowest BCUT2D eigenvalue weighted by Crippen LogP contribution is -2.41. The van der Waals surface area contributed by atoms with E-state index in [-0.39, 0.29) is 0 Å². The summed E-state index contributed by atoms with van der Waals surface area (Å²) in [6, 6.07) is 3.84. The maximum atomic E-state index is 10.2. The minimum Gasteiger partial charge on any atom is -0.388 e. The molecule has 1 heterocycles. The van der Waals surface area contributed by atoms with Gasteiger partial charge in [0.15, 0.2) is 0 Å². The van der Waals surface area contributed by atoms with Crippen molar-refractivity contribution in [1.82, 2.24) is 10.3 Å². The predicted molar refractivity (Wildman–Crippen MR) is 71.0 cm³/mol. The van der Waals surface area contributed by atoms with Gasteiger partial charge in [-0.1, -0.05) is 0 Å². The van der Waals surface area contributed by atoms with E-state index in [1.165, 1.54) is 0 Å². The smallest absolute Gasteiger partial charge is 0.0798 e. The third-order valence-corrected chi connectivity index (χ3v) is 2.81. The molecule has 1 aromatic heterocycles. The second kappa shape index (κ2) is 7.06. The van der Waals surface area contributed by atoms with Gasteiger partial charge in [0, 0.05) is 43.0 Å². The van der Waals surface area contributed by atoms with E-state index in [1.807, 2.05) is 12.1 Å². The van der Waals surface area contributed by atoms with Gasteiger partial charge in [0.1, 0.15) is 0 Å². The number of aromatic nitrogens is 1. The zero-order valence-electron chi connectivity index (χ0n) is 10.2. The Labute approximate surface area is 111 Å². The Bertz CT molecular complexity index is 328. The summed E-state index contributed by atoms with van der Waals surface area (Å²) >= 11 is 3.33. The first-order valence-corrected chi connectivity index (χ1v) is 6.35. The summed E-state index contributed by atoms with van der Waals surface area (Å²) < 4.78 is 5.87. The van der Waals surface area contributed by atoms with Crippen molar-refractivity contribution < 1.29 is 9.84 Å². The summed E-state index contributed by atoms with van der Waals surface area (Å²) in [7, 11) is 1.66. The summed E-state index contributed by atoms with van der Waals surface area (Å²) in [6.07, 6.45) is 2.27. The largest absolute Gasteiger partial charge is 0.388 e. The molecule has 96 valence electrons. The van der Waals surface area contributed by atoms with E-state index < -0.39 is 5.60 Å². The molecule has 2 N–H and O–H groups in total. The standard InChI is InChI=1S/C12H19BrN2O2/c1-12(16,9-14-5-6-17-2)7-11-4-3-10(13)8-15-11/h3-4,8,14,16H,5-7,9H2,1-2H3. The van der Waals surface area contributed by atoms with Crippen LogP contribution in [0.1, 0.15) is 12.6 Å². The Balaban J connectivity index is 2.40. The molecule has 5 heteroatoms. The predicted octanol–water partition coefficient (Wildman–Crippen LogP) is 1.37. The second-order valence-corrected chi connectivity index (χ2v) is 5.23. The van der Waals surface area contributed by atoms with E-state index in [9.17, 15) is 5.11 Å². The van der Waals surface area contributed by atoms with Crippen LogP contribution in [0, 0.1) is 0 Å². The van der Waals surface area contributed by atoms with E-state index in [4.69, 9.17) is 4.74 Å². The fourth-order valence-electron chi connectivity index (χ4n) is 1.50. The zero-order valence-corrected chi connectivity index (χ0v) is 11.8. The average Bonchev–Trinajstić information content (AvgIpc) is 2.27. The van der Waals surface area contributed by atoms with Gasteiger partial charge in [-0.25, -0.2) is 0 Å². The van der Waals surface area contributed by atoms with Crippen LogP contribution in [-0.2, 0) is 11.2 Å². The summed E-state index contributed by atoms with van der Waals surface area (Å²) in [5.74, 6) is 0. The fraction of sp³-hybridized carbons (Fsp3) is 0.583. The van der Waals surface area contributed by atoms with E-state index in [0.29, 0.717) is 19.6 Å². The van der Waals surface area contributed by atoms with Gasteiger partial charge in [-0.2, -0.15) is 0 Å². The Morgan fingerprint density at radius 2 is 2.29 bits per heavy atom. The van der Waals surface area contributed by atoms with Crippen molar-refractivity contribution >= 4 is 15.9 Å². The number of hydrogen-bond acceptors (Lipinski definition) is 4. The molecular formula is C12H19BrN2O2. The highest BCUT2D eigenvalue weighted by Gasteiger charge is 2.20. The Morgan fingerprint density at radius 1 is 1.53 bits per heavy atom. The molecule has 0 amide bonds. The van der Waals surface area contributed by atoms with Crippen molar-refractivity contribution in [2.75, 3.05) is 26.8 Å². The Hall–Kier alpha value is -0.490. The normalized spacial score (nSPS) is 14.6. The van der Waals surface area contributed by atoms with E-state index in [1.54, 1.807) is 20.2 Å². The molecule has 17 heavy (non-hydrogen) atoms. The van der Waals surface area contributed by atoms with Crippen molar-refractivity contribution in [2.45, 2.75) is 18.9 Å². The molecule has 0 spiro atoms. The molecule has 0 radical (unpaired) electrons. The number of rotatable bonds is 7. The molecule has 1 rings (SSSR count). The highest BCUT2D eigenvalue weighted by atomic mass is 79.9. The number of methoxy groups -OCH3 is 1. The lowest BCUT2D eigenvalue weighted by atomic mass is 10.00. The number of halogens is 1. The summed E-state index contributed by atoms with van der Waals surface area (Å²) in [6.45, 7) is 3.71. The van der Waals surface area contributed by atoms with Crippen LogP contribution in [0.25, 0.3) is 0 Å². The number of pyridine rings is 1. The highest BCUT2D eigenvalue weighted by molar-refractivity contribution is 9.10. The first-order valence-electron chi connectivity index (χ1n) is 5.56. The fourth-order valence-corrected chi connectivity index (χ4v) is 1.73. The van der Waals surface area contributed by atoms with Gasteiger partial charge in [-0.15, -0.1) is 0 Å². The molecule has 0 aliphatic carbocycles. The van der Waals surface area contributed by atoms with Crippen LogP contribution >= 0.6 is 15.9 Å². The maximum Gasteiger partial charge on any atom is 0.0798 e. The molecule has 1 atom stereocenters. The van der Waals surface area contributed by atoms with Crippen LogP contribution < -0.4 is 5.32 Å². The van der Waals surface area contributed by atoms with Gasteiger partial charge in [0.25, 0.3) is 0 Å². The quantitative estimate of drug-likeness (QED) is 0.747. The summed E-state index contributed by atoms with van der Waals surface area (Å²) in [5, 5.41) is 13.3. The molecule has 0 aromatic carbocycles. The van der Waals surface area contributed by atoms with Crippen molar-refractivity contribution in [1.29, 1.82) is 0 Å². The molecular weight excluding hydrogens is 284 g/mol. The van der Waals surface area contributed by atoms with Crippen LogP contribution in [0.15, 0.2) is 22.8 Å². The molecule has 0 saturated heterocycles. The third kappa shape index (κ3) is 6.12. The van der Waals surface area contributed by atoms with Crippen LogP contribution in [0.4, 0.5) is 0 Å². The van der Waals surface area contributed by atoms with Crippen molar-refractivity contribution in [3.63, 3.8) is 0 Å². The van der Waals surface area contributed by atoms with Gasteiger partial charge in [-0.05, 0) is 35.0 Å². The molecule has 4 nitrogen and oxygen atoms in total. The number of hydrogen-bond donors (Lipinski definition) is 2. The van der Waals surface area contributed by atoms with E-state index in [0.717, 1.165) is 16.7 Å². The second-order valence-electron chi connectivity index (χ2n) is 4.31. The first-order chi connectivity index (χ1) is 8.03. The average molecular weight is 303 g/mol. The molecule has 0 bridgehead atoms. The first kappa shape index (κ1) is 14.6. The lowest BCUT2D eigenvalue weighted by molar-refractivity contribution is 0.0572. The minimum atomic E-state index is -0.797. The summed E-state index contributed by atoms with van der Waals surface area (Å²) in [4.78, 5) is 4.25. The van der Waals surface area contributed by atoms with Crippen molar-refractivity contribution in [3.8, 4) is 0 Å². The van der Waals surface area contributed by atoms with E-state index in [2.05, 4.69) is 26.2 Å². The minimum absolute atomic E-state index is 0.522. The third-order valence-electron chi connectivity index (χ3n) is 2.34. The highest BCUT2D eigenvalue weighted by Crippen LogP contribution is 2.13. The zero-order chi connectivity index (χ0) is 12.7. The Kier molecular flexibility index (Phi) is 6.05. The van der Waals surface area contributed by atoms with Crippen LogP contribution in [0.3, 0.4) is 0 Å². The van der Waals surface area contributed by atoms with Crippen LogP contribution in [0.5, 0.6) is 0 Å². The number of ether oxygens (including phenoxy) is 1. The molecule has 0 fully saturated rings. The van der Waals surface area contributed by atoms with Gasteiger partial charge in [0.2, 0.25) is 0 Å². The van der Waals surface area contributed by atoms with Crippen LogP contribution in [-0.4, -0.2) is 42.5 Å². The Morgan fingerprint density at radius 3 is 2.88 bits per heavy atom. The van der Waals surface area contributed by atoms with Crippen LogP contribution in [0.2, 0.25) is 0 Å². The monoisotopic (exact) mass is 302 g/mol. The van der Waals surface area contributed by atoms with Gasteiger partial charge in [0.05, 0.1) is 12.2 Å². The number of aliphatic hydroxyl groups is 1. The van der Waals surface area contributed by atoms with Gasteiger partial charge < -0.3 is 15.2 Å². The van der Waals surface area contributed by atoms with Crippen molar-refractivity contribution in [3.05, 3.63) is 28.5 Å². The SMILES string of the molecule is COCCNCC(C)(O)Cc1ccc(Br)cn1. The van der Waals surface area contributed by atoms with E-state index >= 15 is 0 Å². The van der Waals surface area contributed by atoms with Gasteiger partial charge >= 0.3 is 0 Å². The number of nitrogens with one attached hydrogen (secondary N) is 1. The lowest BCUT2D eigenvalue weighted by Gasteiger charge is -2.23. The number of nitrogens with zero attached hydrogens (tertiary/aromatic N) is 1. The van der Waals surface area contributed by atoms with Crippen molar-refractivity contribution in [2.24, 2.45) is 0 Å². The van der Waals surface area contributed by atoms with Gasteiger partial charge in [-0.3, -0.25) is 4.98 Å². The molecule has 1 unspecified atom stereocenters.